The molecule has 0 saturated heterocycles. The Labute approximate surface area is 159 Å². The summed E-state index contributed by atoms with van der Waals surface area (Å²) in [6.45, 7) is -0.0590. The van der Waals surface area contributed by atoms with E-state index >= 15 is 0 Å². The fourth-order valence-corrected chi connectivity index (χ4v) is 3.39. The van der Waals surface area contributed by atoms with E-state index in [-0.39, 0.29) is 12.4 Å². The number of benzene rings is 2. The molecule has 0 amide bonds. The summed E-state index contributed by atoms with van der Waals surface area (Å²) in [6.07, 6.45) is 1.98. The lowest BCUT2D eigenvalue weighted by molar-refractivity contribution is 0.0424. The number of tetrazole rings is 1. The minimum Gasteiger partial charge on any atom is -0.452 e. The number of ether oxygens (including phenoxy) is 1. The lowest BCUT2D eigenvalue weighted by Gasteiger charge is -2.06. The molecule has 4 aromatic rings. The first-order valence-electron chi connectivity index (χ1n) is 8.27. The Kier molecular flexibility index (Phi) is 4.88. The van der Waals surface area contributed by atoms with Crippen LogP contribution in [0.1, 0.15) is 21.9 Å². The van der Waals surface area contributed by atoms with E-state index < -0.39 is 5.97 Å². The maximum atomic E-state index is 12.6. The van der Waals surface area contributed by atoms with E-state index in [1.165, 1.54) is 4.68 Å². The molecule has 27 heavy (non-hydrogen) atoms. The number of aromatic nitrogens is 4. The average Bonchev–Trinajstić information content (AvgIpc) is 3.32. The predicted molar refractivity (Wildman–Crippen MR) is 102 cm³/mol. The first-order chi connectivity index (χ1) is 13.3. The minimum atomic E-state index is -0.530. The van der Waals surface area contributed by atoms with E-state index in [9.17, 15) is 4.79 Å². The Morgan fingerprint density at radius 2 is 1.93 bits per heavy atom. The summed E-state index contributed by atoms with van der Waals surface area (Å²) in [5, 5.41) is 12.5. The van der Waals surface area contributed by atoms with Crippen LogP contribution in [0.25, 0.3) is 16.7 Å². The van der Waals surface area contributed by atoms with Gasteiger partial charge in [0.2, 0.25) is 5.76 Å². The summed E-state index contributed by atoms with van der Waals surface area (Å²) in [7, 11) is 0. The number of esters is 1. The van der Waals surface area contributed by atoms with Crippen molar-refractivity contribution < 1.29 is 13.9 Å². The SMILES string of the molecule is CSCc1c(C(=O)OCc2nnnn2-c2ccccc2)oc2ccccc12. The highest BCUT2D eigenvalue weighted by molar-refractivity contribution is 7.97. The fourth-order valence-electron chi connectivity index (χ4n) is 2.81. The summed E-state index contributed by atoms with van der Waals surface area (Å²) >= 11 is 1.62. The van der Waals surface area contributed by atoms with Crippen molar-refractivity contribution in [3.05, 3.63) is 71.7 Å². The number of carbonyl (C=O) groups excluding carboxylic acids is 1. The summed E-state index contributed by atoms with van der Waals surface area (Å²) in [4.78, 5) is 12.6. The van der Waals surface area contributed by atoms with Crippen molar-refractivity contribution in [3.63, 3.8) is 0 Å². The summed E-state index contributed by atoms with van der Waals surface area (Å²) in [5.74, 6) is 0.780. The number of thioether (sulfide) groups is 1. The van der Waals surface area contributed by atoms with Crippen LogP contribution in [0.15, 0.2) is 59.0 Å². The van der Waals surface area contributed by atoms with E-state index in [2.05, 4.69) is 15.5 Å². The number of fused-ring (bicyclic) bond motifs is 1. The highest BCUT2D eigenvalue weighted by atomic mass is 32.2. The van der Waals surface area contributed by atoms with Gasteiger partial charge in [0, 0.05) is 16.7 Å². The molecule has 2 aromatic heterocycles. The zero-order valence-electron chi connectivity index (χ0n) is 14.5. The Morgan fingerprint density at radius 3 is 2.74 bits per heavy atom. The Bertz CT molecular complexity index is 1070. The van der Waals surface area contributed by atoms with E-state index in [0.29, 0.717) is 17.2 Å². The zero-order valence-corrected chi connectivity index (χ0v) is 15.3. The minimum absolute atomic E-state index is 0.0590. The molecule has 0 fully saturated rings. The molecule has 4 rings (SSSR count). The third-order valence-corrected chi connectivity index (χ3v) is 4.62. The second-order valence-corrected chi connectivity index (χ2v) is 6.62. The van der Waals surface area contributed by atoms with Gasteiger partial charge in [-0.15, -0.1) is 5.10 Å². The normalized spacial score (nSPS) is 11.0. The maximum absolute atomic E-state index is 12.6. The van der Waals surface area contributed by atoms with Gasteiger partial charge in [-0.1, -0.05) is 36.4 Å². The van der Waals surface area contributed by atoms with Crippen molar-refractivity contribution in [2.75, 3.05) is 6.26 Å². The Balaban J connectivity index is 1.57. The van der Waals surface area contributed by atoms with Crippen LogP contribution in [-0.4, -0.2) is 32.4 Å². The summed E-state index contributed by atoms with van der Waals surface area (Å²) in [5.41, 5.74) is 2.30. The number of carbonyl (C=O) groups is 1. The van der Waals surface area contributed by atoms with Crippen LogP contribution in [0.3, 0.4) is 0 Å². The second kappa shape index (κ2) is 7.63. The molecule has 0 atom stereocenters. The molecule has 0 spiro atoms. The molecule has 0 aliphatic carbocycles. The number of rotatable bonds is 6. The largest absolute Gasteiger partial charge is 0.452 e. The highest BCUT2D eigenvalue weighted by Crippen LogP contribution is 2.29. The lowest BCUT2D eigenvalue weighted by atomic mass is 10.1. The average molecular weight is 380 g/mol. The van der Waals surface area contributed by atoms with Gasteiger partial charge in [0.1, 0.15) is 5.58 Å². The Hall–Kier alpha value is -3.13. The second-order valence-electron chi connectivity index (χ2n) is 5.76. The number of hydrogen-bond acceptors (Lipinski definition) is 7. The van der Waals surface area contributed by atoms with Gasteiger partial charge in [-0.25, -0.2) is 4.79 Å². The first-order valence-corrected chi connectivity index (χ1v) is 9.66. The van der Waals surface area contributed by atoms with Gasteiger partial charge < -0.3 is 9.15 Å². The molecule has 136 valence electrons. The zero-order chi connectivity index (χ0) is 18.6. The molecule has 0 radical (unpaired) electrons. The number of furan rings is 1. The van der Waals surface area contributed by atoms with Gasteiger partial charge in [-0.05, 0) is 34.9 Å². The first kappa shape index (κ1) is 17.3. The van der Waals surface area contributed by atoms with Gasteiger partial charge >= 0.3 is 5.97 Å². The van der Waals surface area contributed by atoms with Crippen LogP contribution in [-0.2, 0) is 17.1 Å². The molecular weight excluding hydrogens is 364 g/mol. The van der Waals surface area contributed by atoms with Crippen LogP contribution >= 0.6 is 11.8 Å². The van der Waals surface area contributed by atoms with Crippen molar-refractivity contribution in [2.24, 2.45) is 0 Å². The summed E-state index contributed by atoms with van der Waals surface area (Å²) < 4.78 is 12.7. The summed E-state index contributed by atoms with van der Waals surface area (Å²) in [6, 6.07) is 17.0. The molecule has 2 aromatic carbocycles. The monoisotopic (exact) mass is 380 g/mol. The number of nitrogens with zero attached hydrogens (tertiary/aromatic N) is 4. The van der Waals surface area contributed by atoms with Crippen molar-refractivity contribution in [1.29, 1.82) is 0 Å². The molecule has 0 aliphatic rings. The smallest absolute Gasteiger partial charge is 0.375 e. The Morgan fingerprint density at radius 1 is 1.15 bits per heavy atom. The van der Waals surface area contributed by atoms with Crippen molar-refractivity contribution in [3.8, 4) is 5.69 Å². The molecule has 8 heteroatoms. The molecule has 0 saturated carbocycles. The van der Waals surface area contributed by atoms with E-state index in [1.54, 1.807) is 11.8 Å². The molecule has 7 nitrogen and oxygen atoms in total. The third-order valence-electron chi connectivity index (χ3n) is 4.04. The van der Waals surface area contributed by atoms with Gasteiger partial charge in [-0.2, -0.15) is 16.4 Å². The van der Waals surface area contributed by atoms with Gasteiger partial charge in [0.25, 0.3) is 0 Å². The molecular formula is C19H16N4O3S. The van der Waals surface area contributed by atoms with Gasteiger partial charge in [0.15, 0.2) is 12.4 Å². The highest BCUT2D eigenvalue weighted by Gasteiger charge is 2.22. The van der Waals surface area contributed by atoms with Crippen molar-refractivity contribution in [1.82, 2.24) is 20.2 Å². The van der Waals surface area contributed by atoms with Gasteiger partial charge in [-0.3, -0.25) is 0 Å². The predicted octanol–water partition coefficient (Wildman–Crippen LogP) is 3.63. The molecule has 0 bridgehead atoms. The van der Waals surface area contributed by atoms with Crippen LogP contribution < -0.4 is 0 Å². The van der Waals surface area contributed by atoms with E-state index in [0.717, 1.165) is 16.6 Å². The van der Waals surface area contributed by atoms with E-state index in [4.69, 9.17) is 9.15 Å². The third kappa shape index (κ3) is 3.43. The maximum Gasteiger partial charge on any atom is 0.375 e. The quantitative estimate of drug-likeness (QED) is 0.472. The van der Waals surface area contributed by atoms with Crippen molar-refractivity contribution in [2.45, 2.75) is 12.4 Å². The van der Waals surface area contributed by atoms with Crippen LogP contribution in [0.2, 0.25) is 0 Å². The fraction of sp³-hybridized carbons (Fsp3) is 0.158. The molecule has 0 unspecified atom stereocenters. The molecule has 2 heterocycles. The van der Waals surface area contributed by atoms with Crippen LogP contribution in [0.5, 0.6) is 0 Å². The standard InChI is InChI=1S/C19H16N4O3S/c1-27-12-15-14-9-5-6-10-16(14)26-18(15)19(24)25-11-17-20-21-22-23(17)13-7-3-2-4-8-13/h2-10H,11-12H2,1H3. The number of para-hydroxylation sites is 2. The lowest BCUT2D eigenvalue weighted by Crippen LogP contribution is -2.10. The number of hydrogen-bond donors (Lipinski definition) is 0. The van der Waals surface area contributed by atoms with E-state index in [1.807, 2.05) is 60.9 Å². The molecule has 0 aliphatic heterocycles. The molecule has 0 N–H and O–H groups in total. The van der Waals surface area contributed by atoms with Crippen LogP contribution in [0, 0.1) is 0 Å². The van der Waals surface area contributed by atoms with Crippen LogP contribution in [0.4, 0.5) is 0 Å². The van der Waals surface area contributed by atoms with Gasteiger partial charge in [0.05, 0.1) is 5.69 Å². The topological polar surface area (TPSA) is 83.0 Å². The van der Waals surface area contributed by atoms with Crippen molar-refractivity contribution >= 4 is 28.7 Å².